The Hall–Kier alpha value is -1.88. The molecular formula is C16H16BrNO3. The number of hydrogen-bond acceptors (Lipinski definition) is 3. The number of nitrogens with zero attached hydrogens (tertiary/aromatic N) is 1. The molecule has 0 aliphatic heterocycles. The van der Waals surface area contributed by atoms with Crippen LogP contribution in [0, 0.1) is 10.1 Å². The maximum absolute atomic E-state index is 10.9. The smallest absolute Gasteiger partial charge is 0.273 e. The molecule has 0 aliphatic rings. The first-order valence-corrected chi connectivity index (χ1v) is 7.86. The average molecular weight is 350 g/mol. The van der Waals surface area contributed by atoms with Crippen LogP contribution in [0.3, 0.4) is 0 Å². The van der Waals surface area contributed by atoms with Crippen molar-refractivity contribution < 1.29 is 9.66 Å². The second kappa shape index (κ2) is 7.22. The van der Waals surface area contributed by atoms with E-state index >= 15 is 0 Å². The topological polar surface area (TPSA) is 52.4 Å². The van der Waals surface area contributed by atoms with Crippen LogP contribution in [0.25, 0.3) is 0 Å². The number of benzene rings is 2. The summed E-state index contributed by atoms with van der Waals surface area (Å²) in [5, 5.41) is 11.3. The van der Waals surface area contributed by atoms with Crippen LogP contribution in [0.4, 0.5) is 5.69 Å². The third-order valence-corrected chi connectivity index (χ3v) is 3.69. The Kier molecular flexibility index (Phi) is 5.33. The monoisotopic (exact) mass is 349 g/mol. The first-order valence-electron chi connectivity index (χ1n) is 6.74. The molecule has 0 bridgehead atoms. The normalized spacial score (nSPS) is 10.4. The average Bonchev–Trinajstić information content (AvgIpc) is 2.49. The van der Waals surface area contributed by atoms with Gasteiger partial charge >= 0.3 is 0 Å². The van der Waals surface area contributed by atoms with Crippen molar-refractivity contribution in [1.29, 1.82) is 0 Å². The number of nitro groups is 1. The van der Waals surface area contributed by atoms with E-state index in [0.29, 0.717) is 16.6 Å². The number of hydrogen-bond donors (Lipinski definition) is 0. The molecule has 0 unspecified atom stereocenters. The summed E-state index contributed by atoms with van der Waals surface area (Å²) < 4.78 is 5.75. The van der Waals surface area contributed by atoms with Gasteiger partial charge in [-0.2, -0.15) is 0 Å². The van der Waals surface area contributed by atoms with E-state index in [4.69, 9.17) is 4.74 Å². The maximum Gasteiger partial charge on any atom is 0.273 e. The van der Waals surface area contributed by atoms with Crippen molar-refractivity contribution >= 4 is 21.6 Å². The first kappa shape index (κ1) is 15.5. The largest absolute Gasteiger partial charge is 0.457 e. The number of ether oxygens (including phenoxy) is 1. The van der Waals surface area contributed by atoms with Crippen LogP contribution in [0.5, 0.6) is 11.5 Å². The molecule has 0 saturated heterocycles. The number of rotatable bonds is 6. The van der Waals surface area contributed by atoms with E-state index in [9.17, 15) is 10.1 Å². The van der Waals surface area contributed by atoms with Crippen molar-refractivity contribution in [2.45, 2.75) is 25.1 Å². The molecule has 0 fully saturated rings. The Balaban J connectivity index is 2.17. The number of alkyl halides is 1. The fraction of sp³-hybridized carbons (Fsp3) is 0.250. The highest BCUT2D eigenvalue weighted by Gasteiger charge is 2.13. The zero-order valence-corrected chi connectivity index (χ0v) is 13.3. The van der Waals surface area contributed by atoms with Crippen LogP contribution in [-0.2, 0) is 11.8 Å². The minimum absolute atomic E-state index is 0.0949. The molecular weight excluding hydrogens is 334 g/mol. The Morgan fingerprint density at radius 2 is 1.81 bits per heavy atom. The summed E-state index contributed by atoms with van der Waals surface area (Å²) in [7, 11) is 0. The van der Waals surface area contributed by atoms with E-state index < -0.39 is 0 Å². The van der Waals surface area contributed by atoms with Gasteiger partial charge in [0.1, 0.15) is 11.5 Å². The lowest BCUT2D eigenvalue weighted by atomic mass is 10.1. The fourth-order valence-corrected chi connectivity index (χ4v) is 2.51. The second-order valence-electron chi connectivity index (χ2n) is 4.68. The van der Waals surface area contributed by atoms with Crippen molar-refractivity contribution in [2.24, 2.45) is 0 Å². The molecule has 21 heavy (non-hydrogen) atoms. The van der Waals surface area contributed by atoms with E-state index in [-0.39, 0.29) is 10.6 Å². The van der Waals surface area contributed by atoms with Gasteiger partial charge < -0.3 is 4.74 Å². The highest BCUT2D eigenvalue weighted by molar-refractivity contribution is 9.08. The predicted molar refractivity (Wildman–Crippen MR) is 86.2 cm³/mol. The summed E-state index contributed by atoms with van der Waals surface area (Å²) >= 11 is 3.26. The van der Waals surface area contributed by atoms with Crippen molar-refractivity contribution in [3.05, 3.63) is 63.7 Å². The van der Waals surface area contributed by atoms with E-state index in [2.05, 4.69) is 22.9 Å². The van der Waals surface area contributed by atoms with E-state index in [0.717, 1.165) is 18.6 Å². The van der Waals surface area contributed by atoms with Crippen LogP contribution < -0.4 is 4.74 Å². The van der Waals surface area contributed by atoms with Gasteiger partial charge in [-0.1, -0.05) is 41.4 Å². The van der Waals surface area contributed by atoms with Gasteiger partial charge in [0.25, 0.3) is 5.69 Å². The standard InChI is InChI=1S/C16H16BrNO3/c1-2-3-12-4-6-14(7-5-12)21-15-8-9-16(18(19)20)13(10-15)11-17/h4-10H,2-3,11H2,1H3. The highest BCUT2D eigenvalue weighted by atomic mass is 79.9. The van der Waals surface area contributed by atoms with E-state index in [1.807, 2.05) is 24.3 Å². The molecule has 0 saturated carbocycles. The summed E-state index contributed by atoms with van der Waals surface area (Å²) in [4.78, 5) is 10.5. The van der Waals surface area contributed by atoms with Crippen molar-refractivity contribution in [3.8, 4) is 11.5 Å². The van der Waals surface area contributed by atoms with Gasteiger partial charge in [0.15, 0.2) is 0 Å². The number of aryl methyl sites for hydroxylation is 1. The summed E-state index contributed by atoms with van der Waals surface area (Å²) in [6.45, 7) is 2.14. The molecule has 0 aromatic heterocycles. The molecule has 2 aromatic carbocycles. The zero-order chi connectivity index (χ0) is 15.2. The van der Waals surface area contributed by atoms with Crippen LogP contribution in [-0.4, -0.2) is 4.92 Å². The third-order valence-electron chi connectivity index (χ3n) is 3.09. The molecule has 0 heterocycles. The Morgan fingerprint density at radius 3 is 2.38 bits per heavy atom. The summed E-state index contributed by atoms with van der Waals surface area (Å²) in [5.41, 5.74) is 1.97. The molecule has 2 rings (SSSR count). The fourth-order valence-electron chi connectivity index (χ4n) is 2.06. The zero-order valence-electron chi connectivity index (χ0n) is 11.7. The lowest BCUT2D eigenvalue weighted by molar-refractivity contribution is -0.385. The molecule has 0 aliphatic carbocycles. The van der Waals surface area contributed by atoms with Gasteiger partial charge in [0, 0.05) is 17.0 Å². The van der Waals surface area contributed by atoms with Gasteiger partial charge in [0.05, 0.1) is 4.92 Å². The SMILES string of the molecule is CCCc1ccc(Oc2ccc([N+](=O)[O-])c(CBr)c2)cc1. The van der Waals surface area contributed by atoms with E-state index in [1.54, 1.807) is 12.1 Å². The van der Waals surface area contributed by atoms with Gasteiger partial charge in [-0.05, 0) is 36.2 Å². The molecule has 0 spiro atoms. The summed E-state index contributed by atoms with van der Waals surface area (Å²) in [6.07, 6.45) is 2.16. The molecule has 2 aromatic rings. The minimum Gasteiger partial charge on any atom is -0.457 e. The van der Waals surface area contributed by atoms with Crippen LogP contribution in [0.2, 0.25) is 0 Å². The van der Waals surface area contributed by atoms with Crippen molar-refractivity contribution in [3.63, 3.8) is 0 Å². The third kappa shape index (κ3) is 4.04. The Labute approximate surface area is 132 Å². The molecule has 5 heteroatoms. The maximum atomic E-state index is 10.9. The molecule has 0 radical (unpaired) electrons. The number of nitro benzene ring substituents is 1. The lowest BCUT2D eigenvalue weighted by Gasteiger charge is -2.08. The van der Waals surface area contributed by atoms with Gasteiger partial charge in [-0.3, -0.25) is 10.1 Å². The molecule has 4 nitrogen and oxygen atoms in total. The quantitative estimate of drug-likeness (QED) is 0.407. The van der Waals surface area contributed by atoms with Gasteiger partial charge in [-0.25, -0.2) is 0 Å². The van der Waals surface area contributed by atoms with Crippen LogP contribution in [0.1, 0.15) is 24.5 Å². The van der Waals surface area contributed by atoms with Crippen molar-refractivity contribution in [1.82, 2.24) is 0 Å². The Morgan fingerprint density at radius 1 is 1.14 bits per heavy atom. The van der Waals surface area contributed by atoms with E-state index in [1.165, 1.54) is 11.6 Å². The lowest BCUT2D eigenvalue weighted by Crippen LogP contribution is -1.94. The summed E-state index contributed by atoms with van der Waals surface area (Å²) in [5.74, 6) is 1.32. The van der Waals surface area contributed by atoms with Gasteiger partial charge in [0.2, 0.25) is 0 Å². The molecule has 110 valence electrons. The van der Waals surface area contributed by atoms with Crippen LogP contribution >= 0.6 is 15.9 Å². The first-order chi connectivity index (χ1) is 10.1. The number of halogens is 1. The summed E-state index contributed by atoms with van der Waals surface area (Å²) in [6, 6.07) is 12.7. The predicted octanol–water partition coefficient (Wildman–Crippen LogP) is 5.23. The second-order valence-corrected chi connectivity index (χ2v) is 5.24. The Bertz CT molecular complexity index is 626. The molecule has 0 amide bonds. The minimum atomic E-state index is -0.389. The highest BCUT2D eigenvalue weighted by Crippen LogP contribution is 2.29. The molecule has 0 N–H and O–H groups in total. The molecule has 0 atom stereocenters. The van der Waals surface area contributed by atoms with Crippen molar-refractivity contribution in [2.75, 3.05) is 0 Å². The van der Waals surface area contributed by atoms with Crippen LogP contribution in [0.15, 0.2) is 42.5 Å². The van der Waals surface area contributed by atoms with Gasteiger partial charge in [-0.15, -0.1) is 0 Å².